The first-order valence-corrected chi connectivity index (χ1v) is 6.96. The van der Waals surface area contributed by atoms with E-state index in [1.54, 1.807) is 0 Å². The Kier molecular flexibility index (Phi) is 5.77. The summed E-state index contributed by atoms with van der Waals surface area (Å²) in [5.74, 6) is 1.66. The van der Waals surface area contributed by atoms with Gasteiger partial charge in [-0.25, -0.2) is 0 Å². The molecule has 0 spiro atoms. The second-order valence-electron chi connectivity index (χ2n) is 6.22. The number of nitrogens with one attached hydrogen (secondary N) is 1. The lowest BCUT2D eigenvalue weighted by Gasteiger charge is -2.39. The maximum Gasteiger partial charge on any atom is 0.0198 e. The first kappa shape index (κ1) is 14.0. The van der Waals surface area contributed by atoms with Crippen molar-refractivity contribution in [2.75, 3.05) is 19.6 Å². The smallest absolute Gasteiger partial charge is 0.0198 e. The fraction of sp³-hybridized carbons (Fsp3) is 1.00. The van der Waals surface area contributed by atoms with Gasteiger partial charge in [0.2, 0.25) is 0 Å². The van der Waals surface area contributed by atoms with Gasteiger partial charge in [-0.1, -0.05) is 20.8 Å². The molecular weight excluding hydrogens is 196 g/mol. The fourth-order valence-corrected chi connectivity index (χ4v) is 2.54. The highest BCUT2D eigenvalue weighted by Crippen LogP contribution is 2.18. The second-order valence-corrected chi connectivity index (χ2v) is 6.22. The monoisotopic (exact) mass is 226 g/mol. The Hall–Kier alpha value is -0.0800. The largest absolute Gasteiger partial charge is 0.313 e. The van der Waals surface area contributed by atoms with E-state index in [-0.39, 0.29) is 0 Å². The van der Waals surface area contributed by atoms with E-state index >= 15 is 0 Å². The van der Waals surface area contributed by atoms with E-state index in [0.717, 1.165) is 11.8 Å². The average Bonchev–Trinajstić information content (AvgIpc) is 2.16. The number of likely N-dealkylation sites (tertiary alicyclic amines) is 1. The summed E-state index contributed by atoms with van der Waals surface area (Å²) in [4.78, 5) is 2.61. The molecule has 1 fully saturated rings. The van der Waals surface area contributed by atoms with Crippen LogP contribution in [0.15, 0.2) is 0 Å². The maximum absolute atomic E-state index is 3.73. The van der Waals surface area contributed by atoms with E-state index in [1.165, 1.54) is 32.5 Å². The van der Waals surface area contributed by atoms with Crippen LogP contribution < -0.4 is 5.32 Å². The van der Waals surface area contributed by atoms with Crippen molar-refractivity contribution in [2.45, 2.75) is 59.5 Å². The van der Waals surface area contributed by atoms with Gasteiger partial charge in [0, 0.05) is 25.2 Å². The van der Waals surface area contributed by atoms with Crippen molar-refractivity contribution >= 4 is 0 Å². The van der Waals surface area contributed by atoms with Crippen molar-refractivity contribution in [2.24, 2.45) is 11.8 Å². The van der Waals surface area contributed by atoms with Crippen molar-refractivity contribution in [1.29, 1.82) is 0 Å². The minimum Gasteiger partial charge on any atom is -0.313 e. The lowest BCUT2D eigenvalue weighted by molar-refractivity contribution is 0.118. The number of piperidine rings is 1. The Morgan fingerprint density at radius 1 is 1.19 bits per heavy atom. The van der Waals surface area contributed by atoms with E-state index in [1.807, 2.05) is 0 Å². The molecule has 2 unspecified atom stereocenters. The molecule has 16 heavy (non-hydrogen) atoms. The standard InChI is InChI=1S/C14H30N2/c1-11(2)6-7-15-14-8-13(5)9-16(10-14)12(3)4/h11-15H,6-10H2,1-5H3. The van der Waals surface area contributed by atoms with Crippen molar-refractivity contribution in [3.63, 3.8) is 0 Å². The van der Waals surface area contributed by atoms with Crippen LogP contribution in [0.4, 0.5) is 0 Å². The Labute approximate surface area is 102 Å². The first-order valence-electron chi connectivity index (χ1n) is 6.96. The van der Waals surface area contributed by atoms with Gasteiger partial charge in [-0.2, -0.15) is 0 Å². The molecule has 0 saturated carbocycles. The third-order valence-electron chi connectivity index (χ3n) is 3.57. The molecule has 2 atom stereocenters. The van der Waals surface area contributed by atoms with Crippen LogP contribution in [0.3, 0.4) is 0 Å². The predicted octanol–water partition coefficient (Wildman–Crippen LogP) is 2.74. The molecular formula is C14H30N2. The van der Waals surface area contributed by atoms with E-state index in [4.69, 9.17) is 0 Å². The van der Waals surface area contributed by atoms with Crippen LogP contribution >= 0.6 is 0 Å². The molecule has 0 aliphatic carbocycles. The van der Waals surface area contributed by atoms with Crippen molar-refractivity contribution in [1.82, 2.24) is 10.2 Å². The zero-order chi connectivity index (χ0) is 12.1. The quantitative estimate of drug-likeness (QED) is 0.775. The Balaban J connectivity index is 2.30. The molecule has 2 nitrogen and oxygen atoms in total. The van der Waals surface area contributed by atoms with Crippen LogP contribution in [0.5, 0.6) is 0 Å². The van der Waals surface area contributed by atoms with Gasteiger partial charge in [-0.3, -0.25) is 4.90 Å². The van der Waals surface area contributed by atoms with Crippen LogP contribution in [0.25, 0.3) is 0 Å². The molecule has 1 N–H and O–H groups in total. The fourth-order valence-electron chi connectivity index (χ4n) is 2.54. The van der Waals surface area contributed by atoms with Crippen LogP contribution in [0.2, 0.25) is 0 Å². The molecule has 2 heteroatoms. The second kappa shape index (κ2) is 6.61. The van der Waals surface area contributed by atoms with Crippen molar-refractivity contribution in [3.8, 4) is 0 Å². The molecule has 0 aromatic carbocycles. The van der Waals surface area contributed by atoms with Crippen molar-refractivity contribution in [3.05, 3.63) is 0 Å². The van der Waals surface area contributed by atoms with Gasteiger partial charge >= 0.3 is 0 Å². The summed E-state index contributed by atoms with van der Waals surface area (Å²) in [5.41, 5.74) is 0. The van der Waals surface area contributed by atoms with Crippen LogP contribution in [-0.4, -0.2) is 36.6 Å². The van der Waals surface area contributed by atoms with E-state index < -0.39 is 0 Å². The number of hydrogen-bond donors (Lipinski definition) is 1. The number of hydrogen-bond acceptors (Lipinski definition) is 2. The van der Waals surface area contributed by atoms with Gasteiger partial charge in [0.15, 0.2) is 0 Å². The summed E-state index contributed by atoms with van der Waals surface area (Å²) in [6, 6.07) is 1.40. The zero-order valence-corrected chi connectivity index (χ0v) is 11.8. The SMILES string of the molecule is CC(C)CCNC1CC(C)CN(C(C)C)C1. The molecule has 1 rings (SSSR count). The average molecular weight is 226 g/mol. The van der Waals surface area contributed by atoms with Crippen LogP contribution in [-0.2, 0) is 0 Å². The molecule has 0 radical (unpaired) electrons. The van der Waals surface area contributed by atoms with E-state index in [0.29, 0.717) is 12.1 Å². The minimum atomic E-state index is 0.692. The third kappa shape index (κ3) is 4.84. The van der Waals surface area contributed by atoms with Gasteiger partial charge in [0.05, 0.1) is 0 Å². The van der Waals surface area contributed by atoms with Gasteiger partial charge < -0.3 is 5.32 Å². The summed E-state index contributed by atoms with van der Waals surface area (Å²) in [5, 5.41) is 3.73. The summed E-state index contributed by atoms with van der Waals surface area (Å²) >= 11 is 0. The topological polar surface area (TPSA) is 15.3 Å². The number of rotatable bonds is 5. The summed E-state index contributed by atoms with van der Waals surface area (Å²) in [6.45, 7) is 15.3. The van der Waals surface area contributed by atoms with Gasteiger partial charge in [-0.05, 0) is 45.1 Å². The Morgan fingerprint density at radius 3 is 2.44 bits per heavy atom. The van der Waals surface area contributed by atoms with Gasteiger partial charge in [-0.15, -0.1) is 0 Å². The molecule has 1 heterocycles. The normalized spacial score (nSPS) is 27.9. The summed E-state index contributed by atoms with van der Waals surface area (Å²) in [6.07, 6.45) is 2.65. The summed E-state index contributed by atoms with van der Waals surface area (Å²) < 4.78 is 0. The highest BCUT2D eigenvalue weighted by atomic mass is 15.2. The Morgan fingerprint density at radius 2 is 1.88 bits per heavy atom. The molecule has 1 aliphatic heterocycles. The molecule has 1 saturated heterocycles. The Bertz CT molecular complexity index is 189. The summed E-state index contributed by atoms with van der Waals surface area (Å²) in [7, 11) is 0. The third-order valence-corrected chi connectivity index (χ3v) is 3.57. The van der Waals surface area contributed by atoms with Crippen LogP contribution in [0.1, 0.15) is 47.5 Å². The van der Waals surface area contributed by atoms with Crippen molar-refractivity contribution < 1.29 is 0 Å². The van der Waals surface area contributed by atoms with E-state index in [2.05, 4.69) is 44.8 Å². The predicted molar refractivity (Wildman–Crippen MR) is 71.7 cm³/mol. The molecule has 0 amide bonds. The van der Waals surface area contributed by atoms with Crippen LogP contribution in [0, 0.1) is 11.8 Å². The van der Waals surface area contributed by atoms with Gasteiger partial charge in [0.1, 0.15) is 0 Å². The lowest BCUT2D eigenvalue weighted by Crippen LogP contribution is -2.51. The lowest BCUT2D eigenvalue weighted by atomic mass is 9.94. The molecule has 0 bridgehead atoms. The highest BCUT2D eigenvalue weighted by Gasteiger charge is 2.25. The molecule has 0 aromatic heterocycles. The first-order chi connectivity index (χ1) is 7.49. The van der Waals surface area contributed by atoms with E-state index in [9.17, 15) is 0 Å². The maximum atomic E-state index is 3.73. The van der Waals surface area contributed by atoms with Gasteiger partial charge in [0.25, 0.3) is 0 Å². The molecule has 96 valence electrons. The zero-order valence-electron chi connectivity index (χ0n) is 11.8. The minimum absolute atomic E-state index is 0.692. The number of nitrogens with zero attached hydrogens (tertiary/aromatic N) is 1. The highest BCUT2D eigenvalue weighted by molar-refractivity contribution is 4.83. The molecule has 0 aromatic rings. The molecule has 1 aliphatic rings.